The molecule has 1 unspecified atom stereocenters. The number of aromatic amines is 1. The molecule has 3 heterocycles. The number of benzene rings is 2. The van der Waals surface area contributed by atoms with Gasteiger partial charge in [-0.1, -0.05) is 67.0 Å². The molecule has 1 atom stereocenters. The second-order valence-corrected chi connectivity index (χ2v) is 9.04. The number of hydrazine groups is 1. The number of nitrogens with zero attached hydrogens (tertiary/aromatic N) is 5. The van der Waals surface area contributed by atoms with Crippen molar-refractivity contribution in [3.8, 4) is 0 Å². The summed E-state index contributed by atoms with van der Waals surface area (Å²) in [7, 11) is 1.85. The molecule has 0 radical (unpaired) electrons. The lowest BCUT2D eigenvalue weighted by Gasteiger charge is -2.24. The van der Waals surface area contributed by atoms with Crippen molar-refractivity contribution in [3.63, 3.8) is 0 Å². The molecule has 0 amide bonds. The average molecular weight is 441 g/mol. The summed E-state index contributed by atoms with van der Waals surface area (Å²) in [5.74, 6) is 1.77. The van der Waals surface area contributed by atoms with Crippen molar-refractivity contribution in [2.45, 2.75) is 50.7 Å². The highest BCUT2D eigenvalue weighted by Gasteiger charge is 2.21. The first kappa shape index (κ1) is 20.1. The van der Waals surface area contributed by atoms with Gasteiger partial charge in [-0.3, -0.25) is 0 Å². The van der Waals surface area contributed by atoms with Crippen LogP contribution in [0, 0.1) is 0 Å². The molecule has 33 heavy (non-hydrogen) atoms. The number of anilines is 1. The Morgan fingerprint density at radius 3 is 2.67 bits per heavy atom. The molecule has 1 aliphatic heterocycles. The lowest BCUT2D eigenvalue weighted by atomic mass is 9.95. The molecule has 2 aliphatic rings. The van der Waals surface area contributed by atoms with Gasteiger partial charge in [-0.05, 0) is 30.0 Å². The number of nitrogens with one attached hydrogen (secondary N) is 3. The summed E-state index contributed by atoms with van der Waals surface area (Å²) in [6.07, 6.45) is 6.79. The van der Waals surface area contributed by atoms with Crippen molar-refractivity contribution in [1.29, 1.82) is 0 Å². The Morgan fingerprint density at radius 1 is 1.03 bits per heavy atom. The Morgan fingerprint density at radius 2 is 1.88 bits per heavy atom. The van der Waals surface area contributed by atoms with Crippen LogP contribution in [-0.2, 0) is 6.42 Å². The maximum atomic E-state index is 5.03. The van der Waals surface area contributed by atoms with Crippen molar-refractivity contribution >= 4 is 27.8 Å². The van der Waals surface area contributed by atoms with Gasteiger partial charge in [-0.25, -0.2) is 15.1 Å². The maximum Gasteiger partial charge on any atom is 0.166 e. The molecule has 4 aromatic rings. The molecule has 2 aromatic heterocycles. The molecule has 168 valence electrons. The van der Waals surface area contributed by atoms with Crippen LogP contribution in [0.5, 0.6) is 0 Å². The normalized spacial score (nSPS) is 19.1. The van der Waals surface area contributed by atoms with Gasteiger partial charge in [0, 0.05) is 30.4 Å². The molecule has 0 saturated heterocycles. The third-order valence-electron chi connectivity index (χ3n) is 6.60. The van der Waals surface area contributed by atoms with Gasteiger partial charge >= 0.3 is 0 Å². The second-order valence-electron chi connectivity index (χ2n) is 9.04. The van der Waals surface area contributed by atoms with E-state index in [1.165, 1.54) is 37.7 Å². The van der Waals surface area contributed by atoms with Crippen molar-refractivity contribution in [3.05, 3.63) is 65.5 Å². The fourth-order valence-corrected chi connectivity index (χ4v) is 4.93. The number of fused-ring (bicyclic) bond motifs is 3. The summed E-state index contributed by atoms with van der Waals surface area (Å²) in [5, 5.41) is 15.9. The largest absolute Gasteiger partial charge is 0.367 e. The smallest absolute Gasteiger partial charge is 0.166 e. The highest BCUT2D eigenvalue weighted by atomic mass is 15.8. The van der Waals surface area contributed by atoms with Crippen LogP contribution in [0.4, 0.5) is 5.82 Å². The van der Waals surface area contributed by atoms with Crippen LogP contribution in [0.25, 0.3) is 21.9 Å². The van der Waals surface area contributed by atoms with E-state index in [2.05, 4.69) is 68.5 Å². The van der Waals surface area contributed by atoms with Crippen LogP contribution in [0.1, 0.15) is 55.2 Å². The Kier molecular flexibility index (Phi) is 5.14. The van der Waals surface area contributed by atoms with Gasteiger partial charge in [-0.15, -0.1) is 5.11 Å². The average Bonchev–Trinajstić information content (AvgIpc) is 3.43. The summed E-state index contributed by atoms with van der Waals surface area (Å²) < 4.78 is 0. The van der Waals surface area contributed by atoms with Crippen LogP contribution in [0.3, 0.4) is 0 Å². The zero-order valence-electron chi connectivity index (χ0n) is 18.8. The monoisotopic (exact) mass is 440 g/mol. The number of rotatable bonds is 5. The van der Waals surface area contributed by atoms with E-state index in [0.717, 1.165) is 39.1 Å². The van der Waals surface area contributed by atoms with Gasteiger partial charge in [0.2, 0.25) is 0 Å². The molecule has 3 N–H and O–H groups in total. The van der Waals surface area contributed by atoms with Gasteiger partial charge in [0.05, 0.1) is 5.39 Å². The predicted octanol–water partition coefficient (Wildman–Crippen LogP) is 5.26. The fourth-order valence-electron chi connectivity index (χ4n) is 4.93. The Balaban J connectivity index is 1.43. The van der Waals surface area contributed by atoms with Gasteiger partial charge in [0.15, 0.2) is 6.17 Å². The summed E-state index contributed by atoms with van der Waals surface area (Å²) in [5.41, 5.74) is 7.39. The number of H-pyrrole nitrogens is 1. The zero-order chi connectivity index (χ0) is 22.2. The summed E-state index contributed by atoms with van der Waals surface area (Å²) in [6.45, 7) is 0. The molecule has 8 nitrogen and oxygen atoms in total. The maximum absolute atomic E-state index is 5.03. The van der Waals surface area contributed by atoms with E-state index in [1.54, 1.807) is 5.12 Å². The van der Waals surface area contributed by atoms with Crippen molar-refractivity contribution < 1.29 is 0 Å². The molecule has 2 aromatic carbocycles. The lowest BCUT2D eigenvalue weighted by Crippen LogP contribution is -2.26. The van der Waals surface area contributed by atoms with E-state index < -0.39 is 0 Å². The standard InChI is InChI=1S/C25H28N8/c1-33-31-23(30-32-33)17-12-13-19-20(15-17)27-25-22(19)24(26-18-10-6-3-7-11-18)28-21(29-25)14-16-8-4-2-5-9-16/h2,4-5,8-9,12-13,15,18,23,31H,3,6-7,10-11,14H2,1H3,(H2,26,27,28,29). The first-order valence-electron chi connectivity index (χ1n) is 11.8. The Hall–Kier alpha value is -3.52. The van der Waals surface area contributed by atoms with Crippen molar-refractivity contribution in [2.24, 2.45) is 10.3 Å². The number of hydrogen-bond acceptors (Lipinski definition) is 7. The summed E-state index contributed by atoms with van der Waals surface area (Å²) in [4.78, 5) is 13.5. The first-order chi connectivity index (χ1) is 16.2. The SMILES string of the molecule is CN1N=NC(c2ccc3c(c2)[nH]c2nc(Cc4ccccc4)nc(NC4CCCCC4)c23)N1. The van der Waals surface area contributed by atoms with Gasteiger partial charge in [0.1, 0.15) is 17.3 Å². The van der Waals surface area contributed by atoms with E-state index in [9.17, 15) is 0 Å². The molecule has 1 fully saturated rings. The zero-order valence-corrected chi connectivity index (χ0v) is 18.8. The van der Waals surface area contributed by atoms with Crippen LogP contribution < -0.4 is 10.7 Å². The van der Waals surface area contributed by atoms with E-state index >= 15 is 0 Å². The van der Waals surface area contributed by atoms with Gasteiger partial charge < -0.3 is 10.3 Å². The summed E-state index contributed by atoms with van der Waals surface area (Å²) >= 11 is 0. The van der Waals surface area contributed by atoms with Crippen LogP contribution in [0.15, 0.2) is 58.9 Å². The molecule has 0 spiro atoms. The molecule has 1 aliphatic carbocycles. The van der Waals surface area contributed by atoms with E-state index in [0.29, 0.717) is 12.5 Å². The Bertz CT molecular complexity index is 1310. The van der Waals surface area contributed by atoms with Gasteiger partial charge in [-0.2, -0.15) is 5.43 Å². The van der Waals surface area contributed by atoms with E-state index in [4.69, 9.17) is 9.97 Å². The number of aromatic nitrogens is 3. The minimum atomic E-state index is -0.176. The van der Waals surface area contributed by atoms with Gasteiger partial charge in [0.25, 0.3) is 0 Å². The minimum Gasteiger partial charge on any atom is -0.367 e. The molecular formula is C25H28N8. The summed E-state index contributed by atoms with van der Waals surface area (Å²) in [6, 6.07) is 17.3. The third-order valence-corrected chi connectivity index (χ3v) is 6.60. The van der Waals surface area contributed by atoms with E-state index in [-0.39, 0.29) is 6.17 Å². The highest BCUT2D eigenvalue weighted by Crippen LogP contribution is 2.34. The molecular weight excluding hydrogens is 412 g/mol. The Labute approximate surface area is 192 Å². The van der Waals surface area contributed by atoms with Crippen LogP contribution >= 0.6 is 0 Å². The van der Waals surface area contributed by atoms with Crippen LogP contribution in [-0.4, -0.2) is 33.2 Å². The predicted molar refractivity (Wildman–Crippen MR) is 130 cm³/mol. The number of hydrogen-bond donors (Lipinski definition) is 3. The quantitative estimate of drug-likeness (QED) is 0.393. The van der Waals surface area contributed by atoms with Crippen molar-refractivity contribution in [2.75, 3.05) is 12.4 Å². The third kappa shape index (κ3) is 4.02. The fraction of sp³-hybridized carbons (Fsp3) is 0.360. The van der Waals surface area contributed by atoms with Crippen LogP contribution in [0.2, 0.25) is 0 Å². The second kappa shape index (κ2) is 8.44. The molecule has 1 saturated carbocycles. The van der Waals surface area contributed by atoms with E-state index in [1.807, 2.05) is 13.1 Å². The molecule has 8 heteroatoms. The minimum absolute atomic E-state index is 0.176. The highest BCUT2D eigenvalue weighted by molar-refractivity contribution is 6.11. The topological polar surface area (TPSA) is 93.6 Å². The van der Waals surface area contributed by atoms with Crippen molar-refractivity contribution in [1.82, 2.24) is 25.5 Å². The first-order valence-corrected chi connectivity index (χ1v) is 11.8. The molecule has 0 bridgehead atoms. The molecule has 6 rings (SSSR count). The lowest BCUT2D eigenvalue weighted by molar-refractivity contribution is 0.262.